The molecule has 4 rings (SSSR count). The molecule has 2 aliphatic heterocycles. The lowest BCUT2D eigenvalue weighted by Gasteiger charge is -2.35. The van der Waals surface area contributed by atoms with Gasteiger partial charge >= 0.3 is 0 Å². The molecule has 2 aromatic rings. The predicted molar refractivity (Wildman–Crippen MR) is 117 cm³/mol. The van der Waals surface area contributed by atoms with Crippen LogP contribution in [0.4, 0.5) is 0 Å². The second-order valence-electron chi connectivity index (χ2n) is 8.13. The second-order valence-corrected chi connectivity index (χ2v) is 9.19. The van der Waals surface area contributed by atoms with E-state index in [0.717, 1.165) is 49.5 Å². The Labute approximate surface area is 181 Å². The number of benzene rings is 1. The molecule has 7 heteroatoms. The van der Waals surface area contributed by atoms with E-state index in [0.29, 0.717) is 31.0 Å². The summed E-state index contributed by atoms with van der Waals surface area (Å²) >= 11 is 1.60. The highest BCUT2D eigenvalue weighted by atomic mass is 32.1. The van der Waals surface area contributed by atoms with Gasteiger partial charge in [0.25, 0.3) is 5.91 Å². The van der Waals surface area contributed by atoms with Crippen molar-refractivity contribution < 1.29 is 14.3 Å². The summed E-state index contributed by atoms with van der Waals surface area (Å²) in [5, 5.41) is 3.00. The second kappa shape index (κ2) is 9.60. The van der Waals surface area contributed by atoms with E-state index in [1.165, 1.54) is 6.42 Å². The smallest absolute Gasteiger partial charge is 0.253 e. The summed E-state index contributed by atoms with van der Waals surface area (Å²) in [6.07, 6.45) is 4.96. The topological polar surface area (TPSA) is 62.7 Å². The first-order chi connectivity index (χ1) is 14.6. The number of aryl methyl sites for hydroxylation is 1. The van der Waals surface area contributed by atoms with Gasteiger partial charge in [0.2, 0.25) is 5.91 Å². The zero-order valence-electron chi connectivity index (χ0n) is 17.5. The van der Waals surface area contributed by atoms with Gasteiger partial charge in [-0.3, -0.25) is 9.59 Å². The molecule has 0 N–H and O–H groups in total. The third kappa shape index (κ3) is 5.01. The molecule has 160 valence electrons. The zero-order valence-corrected chi connectivity index (χ0v) is 18.3. The number of rotatable bonds is 5. The zero-order chi connectivity index (χ0) is 20.9. The fourth-order valence-corrected chi connectivity index (χ4v) is 4.83. The summed E-state index contributed by atoms with van der Waals surface area (Å²) in [7, 11) is 0. The molecule has 3 heterocycles. The first kappa shape index (κ1) is 20.8. The summed E-state index contributed by atoms with van der Waals surface area (Å²) in [6.45, 7) is 5.41. The molecule has 0 radical (unpaired) electrons. The third-order valence-corrected chi connectivity index (χ3v) is 6.76. The molecule has 2 amide bonds. The number of likely N-dealkylation sites (tertiary alicyclic amines) is 2. The standard InChI is InChI=1S/C23H29N3O3S/c1-17-24-20(16-30-17)15-29-21-7-5-6-19(14-21)23(28)26-12-8-18(9-13-26)22(27)25-10-3-2-4-11-25/h5-7,14,16,18H,2-4,8-13,15H2,1H3. The largest absolute Gasteiger partial charge is 0.487 e. The Balaban J connectivity index is 1.31. The minimum Gasteiger partial charge on any atom is -0.487 e. The molecule has 1 aromatic heterocycles. The Bertz CT molecular complexity index is 883. The number of carbonyl (C=O) groups is 2. The van der Waals surface area contributed by atoms with E-state index in [4.69, 9.17) is 4.74 Å². The van der Waals surface area contributed by atoms with Gasteiger partial charge in [-0.15, -0.1) is 11.3 Å². The summed E-state index contributed by atoms with van der Waals surface area (Å²) in [6, 6.07) is 7.33. The van der Waals surface area contributed by atoms with Crippen LogP contribution in [0, 0.1) is 12.8 Å². The van der Waals surface area contributed by atoms with Crippen molar-refractivity contribution in [3.8, 4) is 5.75 Å². The highest BCUT2D eigenvalue weighted by Gasteiger charge is 2.31. The Morgan fingerprint density at radius 3 is 2.57 bits per heavy atom. The number of ether oxygens (including phenoxy) is 1. The van der Waals surface area contributed by atoms with Crippen molar-refractivity contribution in [2.45, 2.75) is 45.6 Å². The molecule has 0 saturated carbocycles. The highest BCUT2D eigenvalue weighted by Crippen LogP contribution is 2.24. The van der Waals surface area contributed by atoms with Crippen LogP contribution in [0.1, 0.15) is 53.2 Å². The van der Waals surface area contributed by atoms with Crippen LogP contribution in [0.2, 0.25) is 0 Å². The van der Waals surface area contributed by atoms with Crippen LogP contribution >= 0.6 is 11.3 Å². The summed E-state index contributed by atoms with van der Waals surface area (Å²) in [5.74, 6) is 1.02. The molecule has 2 fully saturated rings. The lowest BCUT2D eigenvalue weighted by Crippen LogP contribution is -2.45. The van der Waals surface area contributed by atoms with Gasteiger partial charge in [-0.2, -0.15) is 0 Å². The van der Waals surface area contributed by atoms with Crippen molar-refractivity contribution in [1.29, 1.82) is 0 Å². The van der Waals surface area contributed by atoms with E-state index in [-0.39, 0.29) is 17.7 Å². The maximum atomic E-state index is 13.0. The van der Waals surface area contributed by atoms with Crippen molar-refractivity contribution in [2.24, 2.45) is 5.92 Å². The van der Waals surface area contributed by atoms with Gasteiger partial charge in [-0.05, 0) is 57.2 Å². The Morgan fingerprint density at radius 1 is 1.10 bits per heavy atom. The van der Waals surface area contributed by atoms with Gasteiger partial charge in [-0.25, -0.2) is 4.98 Å². The maximum Gasteiger partial charge on any atom is 0.253 e. The first-order valence-corrected chi connectivity index (χ1v) is 11.7. The number of amides is 2. The van der Waals surface area contributed by atoms with E-state index in [1.807, 2.05) is 40.3 Å². The average Bonchev–Trinajstić information content (AvgIpc) is 3.23. The van der Waals surface area contributed by atoms with Gasteiger partial charge in [0.05, 0.1) is 10.7 Å². The quantitative estimate of drug-likeness (QED) is 0.726. The minimum atomic E-state index is 0.00817. The number of hydrogen-bond acceptors (Lipinski definition) is 5. The van der Waals surface area contributed by atoms with Crippen molar-refractivity contribution in [3.63, 3.8) is 0 Å². The summed E-state index contributed by atoms with van der Waals surface area (Å²) in [5.41, 5.74) is 1.53. The molecule has 0 aliphatic carbocycles. The fraction of sp³-hybridized carbons (Fsp3) is 0.522. The highest BCUT2D eigenvalue weighted by molar-refractivity contribution is 7.09. The molecule has 0 unspecified atom stereocenters. The fourth-order valence-electron chi connectivity index (χ4n) is 4.24. The molecule has 0 atom stereocenters. The van der Waals surface area contributed by atoms with Gasteiger partial charge in [0.1, 0.15) is 12.4 Å². The van der Waals surface area contributed by atoms with Crippen LogP contribution < -0.4 is 4.74 Å². The lowest BCUT2D eigenvalue weighted by atomic mass is 9.94. The van der Waals surface area contributed by atoms with Crippen molar-refractivity contribution >= 4 is 23.2 Å². The number of thiazole rings is 1. The molecule has 0 spiro atoms. The summed E-state index contributed by atoms with van der Waals surface area (Å²) in [4.78, 5) is 34.0. The van der Waals surface area contributed by atoms with E-state index in [1.54, 1.807) is 17.4 Å². The molecule has 2 aliphatic rings. The molecule has 6 nitrogen and oxygen atoms in total. The van der Waals surface area contributed by atoms with Crippen molar-refractivity contribution in [3.05, 3.63) is 45.9 Å². The molecule has 2 saturated heterocycles. The Morgan fingerprint density at radius 2 is 1.87 bits per heavy atom. The molecule has 0 bridgehead atoms. The minimum absolute atomic E-state index is 0.00817. The average molecular weight is 428 g/mol. The molecular weight excluding hydrogens is 398 g/mol. The van der Waals surface area contributed by atoms with Gasteiger partial charge in [0.15, 0.2) is 0 Å². The lowest BCUT2D eigenvalue weighted by molar-refractivity contribution is -0.137. The third-order valence-electron chi connectivity index (χ3n) is 5.93. The van der Waals surface area contributed by atoms with Gasteiger partial charge < -0.3 is 14.5 Å². The number of aromatic nitrogens is 1. The van der Waals surface area contributed by atoms with Crippen LogP contribution in [0.25, 0.3) is 0 Å². The van der Waals surface area contributed by atoms with Crippen molar-refractivity contribution in [2.75, 3.05) is 26.2 Å². The summed E-state index contributed by atoms with van der Waals surface area (Å²) < 4.78 is 5.82. The van der Waals surface area contributed by atoms with Crippen LogP contribution in [-0.2, 0) is 11.4 Å². The van der Waals surface area contributed by atoms with Crippen LogP contribution in [-0.4, -0.2) is 52.8 Å². The number of piperidine rings is 2. The monoisotopic (exact) mass is 427 g/mol. The normalized spacial score (nSPS) is 17.8. The predicted octanol–water partition coefficient (Wildman–Crippen LogP) is 3.90. The van der Waals surface area contributed by atoms with Crippen molar-refractivity contribution in [1.82, 2.24) is 14.8 Å². The molecule has 30 heavy (non-hydrogen) atoms. The number of hydrogen-bond donors (Lipinski definition) is 0. The van der Waals surface area contributed by atoms with Crippen LogP contribution in [0.15, 0.2) is 29.6 Å². The van der Waals surface area contributed by atoms with Gasteiger partial charge in [0, 0.05) is 43.0 Å². The van der Waals surface area contributed by atoms with Crippen LogP contribution in [0.5, 0.6) is 5.75 Å². The Kier molecular flexibility index (Phi) is 6.67. The number of nitrogens with zero attached hydrogens (tertiary/aromatic N) is 3. The SMILES string of the molecule is Cc1nc(COc2cccc(C(=O)N3CCC(C(=O)N4CCCCC4)CC3)c2)cs1. The molecule has 1 aromatic carbocycles. The van der Waals surface area contributed by atoms with Gasteiger partial charge in [-0.1, -0.05) is 6.07 Å². The number of carbonyl (C=O) groups excluding carboxylic acids is 2. The van der Waals surface area contributed by atoms with E-state index in [2.05, 4.69) is 4.98 Å². The van der Waals surface area contributed by atoms with E-state index < -0.39 is 0 Å². The van der Waals surface area contributed by atoms with E-state index in [9.17, 15) is 9.59 Å². The Hall–Kier alpha value is -2.41. The van der Waals surface area contributed by atoms with Crippen LogP contribution in [0.3, 0.4) is 0 Å². The first-order valence-electron chi connectivity index (χ1n) is 10.8. The van der Waals surface area contributed by atoms with E-state index >= 15 is 0 Å². The molecular formula is C23H29N3O3S. The maximum absolute atomic E-state index is 13.0.